The van der Waals surface area contributed by atoms with Gasteiger partial charge in [-0.3, -0.25) is 0 Å². The highest BCUT2D eigenvalue weighted by Gasteiger charge is 2.06. The second-order valence-electron chi connectivity index (χ2n) is 6.78. The standard InChI is InChI=1S/C21H28N6OS.HI/c1-15-5-10-19(29-15)13-23-21(24-14-20-26-25-16(2)27(20)3)22-12-11-17-6-8-18(28-4)9-7-17;/h5-10H,11-14H2,1-4H3,(H2,22,23,24);1H. The second kappa shape index (κ2) is 11.9. The second-order valence-corrected chi connectivity index (χ2v) is 8.15. The summed E-state index contributed by atoms with van der Waals surface area (Å²) in [6.45, 7) is 6.04. The molecule has 0 saturated carbocycles. The molecule has 0 aliphatic carbocycles. The number of methoxy groups -OCH3 is 1. The highest BCUT2D eigenvalue weighted by Crippen LogP contribution is 2.14. The smallest absolute Gasteiger partial charge is 0.192 e. The number of thiophene rings is 1. The molecule has 0 spiro atoms. The maximum absolute atomic E-state index is 5.22. The van der Waals surface area contributed by atoms with Gasteiger partial charge in [0, 0.05) is 23.3 Å². The van der Waals surface area contributed by atoms with E-state index in [4.69, 9.17) is 9.73 Å². The van der Waals surface area contributed by atoms with E-state index in [0.29, 0.717) is 6.54 Å². The molecule has 3 rings (SSSR count). The molecule has 1 aromatic carbocycles. The molecule has 0 aliphatic heterocycles. The van der Waals surface area contributed by atoms with Crippen LogP contribution in [-0.2, 0) is 26.6 Å². The van der Waals surface area contributed by atoms with Crippen molar-refractivity contribution in [2.24, 2.45) is 12.0 Å². The summed E-state index contributed by atoms with van der Waals surface area (Å²) in [4.78, 5) is 7.29. The summed E-state index contributed by atoms with van der Waals surface area (Å²) in [5.41, 5.74) is 1.25. The van der Waals surface area contributed by atoms with Gasteiger partial charge in [-0.1, -0.05) is 12.1 Å². The van der Waals surface area contributed by atoms with Gasteiger partial charge in [0.1, 0.15) is 18.1 Å². The van der Waals surface area contributed by atoms with Crippen molar-refractivity contribution in [2.75, 3.05) is 13.7 Å². The minimum Gasteiger partial charge on any atom is -0.497 e. The predicted molar refractivity (Wildman–Crippen MR) is 133 cm³/mol. The van der Waals surface area contributed by atoms with E-state index < -0.39 is 0 Å². The first-order valence-electron chi connectivity index (χ1n) is 9.60. The number of halogens is 1. The van der Waals surface area contributed by atoms with Crippen LogP contribution in [-0.4, -0.2) is 34.4 Å². The normalized spacial score (nSPS) is 11.1. The van der Waals surface area contributed by atoms with Gasteiger partial charge in [0.15, 0.2) is 11.8 Å². The van der Waals surface area contributed by atoms with E-state index in [1.807, 2.05) is 30.7 Å². The number of aryl methyl sites for hydroxylation is 2. The summed E-state index contributed by atoms with van der Waals surface area (Å²) in [6, 6.07) is 12.4. The van der Waals surface area contributed by atoms with Crippen LogP contribution in [0, 0.1) is 13.8 Å². The Morgan fingerprint density at radius 1 is 1.10 bits per heavy atom. The monoisotopic (exact) mass is 540 g/mol. The van der Waals surface area contributed by atoms with Crippen molar-refractivity contribution < 1.29 is 4.74 Å². The number of nitrogens with zero attached hydrogens (tertiary/aromatic N) is 4. The van der Waals surface area contributed by atoms with E-state index in [1.54, 1.807) is 18.4 Å². The van der Waals surface area contributed by atoms with Gasteiger partial charge in [-0.2, -0.15) is 0 Å². The van der Waals surface area contributed by atoms with Crippen LogP contribution < -0.4 is 15.4 Å². The zero-order chi connectivity index (χ0) is 20.6. The van der Waals surface area contributed by atoms with Gasteiger partial charge in [0.2, 0.25) is 0 Å². The molecule has 7 nitrogen and oxygen atoms in total. The van der Waals surface area contributed by atoms with Crippen molar-refractivity contribution in [1.82, 2.24) is 25.4 Å². The molecule has 0 bridgehead atoms. The highest BCUT2D eigenvalue weighted by atomic mass is 127. The van der Waals surface area contributed by atoms with Crippen LogP contribution >= 0.6 is 35.3 Å². The number of nitrogens with one attached hydrogen (secondary N) is 2. The zero-order valence-electron chi connectivity index (χ0n) is 17.8. The summed E-state index contributed by atoms with van der Waals surface area (Å²) >= 11 is 1.79. The summed E-state index contributed by atoms with van der Waals surface area (Å²) < 4.78 is 7.18. The van der Waals surface area contributed by atoms with Gasteiger partial charge in [-0.05, 0) is 50.1 Å². The first-order valence-corrected chi connectivity index (χ1v) is 10.4. The topological polar surface area (TPSA) is 76.4 Å². The Morgan fingerprint density at radius 2 is 1.87 bits per heavy atom. The number of aliphatic imine (C=N–C) groups is 1. The third-order valence-corrected chi connectivity index (χ3v) is 5.65. The van der Waals surface area contributed by atoms with E-state index in [9.17, 15) is 0 Å². The lowest BCUT2D eigenvalue weighted by molar-refractivity contribution is 0.414. The molecule has 0 radical (unpaired) electrons. The van der Waals surface area contributed by atoms with Gasteiger partial charge in [-0.25, -0.2) is 4.99 Å². The first-order chi connectivity index (χ1) is 14.0. The summed E-state index contributed by atoms with van der Waals surface area (Å²) in [5, 5.41) is 15.1. The Labute approximate surface area is 199 Å². The minimum absolute atomic E-state index is 0. The van der Waals surface area contributed by atoms with Crippen LogP contribution in [0.5, 0.6) is 5.75 Å². The van der Waals surface area contributed by atoms with Gasteiger partial charge in [0.05, 0.1) is 13.7 Å². The molecule has 0 saturated heterocycles. The minimum atomic E-state index is 0. The Kier molecular flexibility index (Phi) is 9.57. The molecule has 0 aliphatic rings. The number of hydrogen-bond acceptors (Lipinski definition) is 5. The van der Waals surface area contributed by atoms with Gasteiger partial charge < -0.3 is 19.9 Å². The molecule has 2 N–H and O–H groups in total. The van der Waals surface area contributed by atoms with Crippen molar-refractivity contribution in [3.05, 3.63) is 63.4 Å². The fourth-order valence-electron chi connectivity index (χ4n) is 2.78. The lowest BCUT2D eigenvalue weighted by Gasteiger charge is -2.12. The molecule has 162 valence electrons. The maximum atomic E-state index is 5.22. The zero-order valence-corrected chi connectivity index (χ0v) is 21.0. The Hall–Kier alpha value is -2.14. The number of benzene rings is 1. The Bertz CT molecular complexity index is 951. The third-order valence-electron chi connectivity index (χ3n) is 4.65. The molecule has 0 amide bonds. The fraction of sp³-hybridized carbons (Fsp3) is 0.381. The Balaban J connectivity index is 0.00000320. The molecular weight excluding hydrogens is 511 g/mol. The number of hydrogen-bond donors (Lipinski definition) is 2. The number of aromatic nitrogens is 3. The van der Waals surface area contributed by atoms with E-state index in [-0.39, 0.29) is 24.0 Å². The predicted octanol–water partition coefficient (Wildman–Crippen LogP) is 3.60. The quantitative estimate of drug-likeness (QED) is 0.260. The lowest BCUT2D eigenvalue weighted by atomic mass is 10.1. The molecule has 2 heterocycles. The Morgan fingerprint density at radius 3 is 2.47 bits per heavy atom. The molecule has 0 fully saturated rings. The van der Waals surface area contributed by atoms with Gasteiger partial charge in [0.25, 0.3) is 0 Å². The largest absolute Gasteiger partial charge is 0.497 e. The average Bonchev–Trinajstić information content (AvgIpc) is 3.29. The van der Waals surface area contributed by atoms with Crippen LogP contribution in [0.3, 0.4) is 0 Å². The van der Waals surface area contributed by atoms with E-state index in [0.717, 1.165) is 42.9 Å². The number of guanidine groups is 1. The third kappa shape index (κ3) is 6.98. The summed E-state index contributed by atoms with van der Waals surface area (Å²) in [7, 11) is 3.64. The fourth-order valence-corrected chi connectivity index (χ4v) is 3.61. The van der Waals surface area contributed by atoms with Crippen molar-refractivity contribution in [3.63, 3.8) is 0 Å². The van der Waals surface area contributed by atoms with Gasteiger partial charge in [-0.15, -0.1) is 45.5 Å². The molecule has 3 aromatic rings. The van der Waals surface area contributed by atoms with Crippen molar-refractivity contribution in [2.45, 2.75) is 33.4 Å². The van der Waals surface area contributed by atoms with Crippen molar-refractivity contribution >= 4 is 41.3 Å². The van der Waals surface area contributed by atoms with E-state index in [1.165, 1.54) is 15.3 Å². The maximum Gasteiger partial charge on any atom is 0.192 e. The van der Waals surface area contributed by atoms with Crippen molar-refractivity contribution in [1.29, 1.82) is 0 Å². The average molecular weight is 540 g/mol. The lowest BCUT2D eigenvalue weighted by Crippen LogP contribution is -2.38. The van der Waals surface area contributed by atoms with Crippen molar-refractivity contribution in [3.8, 4) is 5.75 Å². The number of rotatable bonds is 8. The van der Waals surface area contributed by atoms with Gasteiger partial charge >= 0.3 is 0 Å². The molecular formula is C21H29IN6OS. The molecule has 2 aromatic heterocycles. The number of ether oxygens (including phenoxy) is 1. The highest BCUT2D eigenvalue weighted by molar-refractivity contribution is 14.0. The van der Waals surface area contributed by atoms with Crippen LogP contribution in [0.15, 0.2) is 41.4 Å². The van der Waals surface area contributed by atoms with Crippen LogP contribution in [0.4, 0.5) is 0 Å². The summed E-state index contributed by atoms with van der Waals surface area (Å²) in [6.07, 6.45) is 0.895. The molecule has 30 heavy (non-hydrogen) atoms. The van der Waals surface area contributed by atoms with Crippen LogP contribution in [0.1, 0.15) is 27.0 Å². The summed E-state index contributed by atoms with van der Waals surface area (Å²) in [5.74, 6) is 3.36. The van der Waals surface area contributed by atoms with Crippen LogP contribution in [0.2, 0.25) is 0 Å². The SMILES string of the molecule is COc1ccc(CCNC(=NCc2nnc(C)n2C)NCc2ccc(C)s2)cc1.I. The van der Waals surface area contributed by atoms with E-state index in [2.05, 4.69) is 52.0 Å². The van der Waals surface area contributed by atoms with Crippen LogP contribution in [0.25, 0.3) is 0 Å². The molecule has 9 heteroatoms. The molecule has 0 unspecified atom stereocenters. The molecule has 0 atom stereocenters. The first kappa shape index (κ1) is 24.1. The van der Waals surface area contributed by atoms with E-state index >= 15 is 0 Å².